The number of methoxy groups -OCH3 is 2. The second kappa shape index (κ2) is 6.69. The quantitative estimate of drug-likeness (QED) is 0.781. The van der Waals surface area contributed by atoms with Crippen molar-refractivity contribution in [2.45, 2.75) is 25.9 Å². The molecule has 0 aliphatic heterocycles. The van der Waals surface area contributed by atoms with E-state index in [0.29, 0.717) is 11.3 Å². The van der Waals surface area contributed by atoms with Gasteiger partial charge >= 0.3 is 6.18 Å². The van der Waals surface area contributed by atoms with E-state index in [-0.39, 0.29) is 18.2 Å². The van der Waals surface area contributed by atoms with Crippen LogP contribution >= 0.6 is 0 Å². The van der Waals surface area contributed by atoms with Gasteiger partial charge in [-0.1, -0.05) is 13.8 Å². The predicted molar refractivity (Wildman–Crippen MR) is 68.0 cm³/mol. The standard InChI is InChI=1S/C13H17F3N2O2/c1-8(2)10-6-17-12(13(14,15)16)18-11(10)5-9(20-4)7-19-3/h5-6,8H,7H2,1-4H3/b9-5+. The number of hydrogen-bond acceptors (Lipinski definition) is 4. The van der Waals surface area contributed by atoms with Crippen LogP contribution in [-0.4, -0.2) is 30.8 Å². The van der Waals surface area contributed by atoms with Gasteiger partial charge in [0.05, 0.1) is 12.8 Å². The van der Waals surface area contributed by atoms with E-state index >= 15 is 0 Å². The lowest BCUT2D eigenvalue weighted by molar-refractivity contribution is -0.145. The molecule has 0 fully saturated rings. The molecule has 0 aromatic carbocycles. The Kier molecular flexibility index (Phi) is 5.50. The number of hydrogen-bond donors (Lipinski definition) is 0. The first-order valence-corrected chi connectivity index (χ1v) is 5.97. The Balaban J connectivity index is 3.32. The summed E-state index contributed by atoms with van der Waals surface area (Å²) in [5, 5.41) is 0. The highest BCUT2D eigenvalue weighted by molar-refractivity contribution is 5.52. The molecule has 0 aliphatic rings. The van der Waals surface area contributed by atoms with E-state index in [1.54, 1.807) is 0 Å². The molecule has 0 spiro atoms. The second-order valence-corrected chi connectivity index (χ2v) is 4.43. The third kappa shape index (κ3) is 4.19. The maximum absolute atomic E-state index is 12.7. The van der Waals surface area contributed by atoms with Gasteiger partial charge in [0.1, 0.15) is 12.4 Å². The van der Waals surface area contributed by atoms with Gasteiger partial charge in [0.15, 0.2) is 0 Å². The van der Waals surface area contributed by atoms with Crippen LogP contribution in [0.2, 0.25) is 0 Å². The lowest BCUT2D eigenvalue weighted by Gasteiger charge is -2.13. The Morgan fingerprint density at radius 2 is 2.00 bits per heavy atom. The van der Waals surface area contributed by atoms with Crippen molar-refractivity contribution in [3.8, 4) is 0 Å². The molecule has 1 heterocycles. The van der Waals surface area contributed by atoms with Gasteiger partial charge in [0.25, 0.3) is 0 Å². The van der Waals surface area contributed by atoms with Gasteiger partial charge in [-0.2, -0.15) is 13.2 Å². The zero-order valence-corrected chi connectivity index (χ0v) is 11.8. The van der Waals surface area contributed by atoms with E-state index in [1.165, 1.54) is 26.5 Å². The molecule has 1 rings (SSSR count). The maximum Gasteiger partial charge on any atom is 0.451 e. The van der Waals surface area contributed by atoms with Crippen molar-refractivity contribution < 1.29 is 22.6 Å². The SMILES string of the molecule is COC/C(=C\c1nc(C(F)(F)F)ncc1C(C)C)OC. The highest BCUT2D eigenvalue weighted by Crippen LogP contribution is 2.28. The van der Waals surface area contributed by atoms with Crippen molar-refractivity contribution >= 4 is 6.08 Å². The molecule has 0 unspecified atom stereocenters. The van der Waals surface area contributed by atoms with Crippen molar-refractivity contribution in [1.29, 1.82) is 0 Å². The van der Waals surface area contributed by atoms with Gasteiger partial charge in [-0.3, -0.25) is 0 Å². The molecule has 20 heavy (non-hydrogen) atoms. The third-order valence-electron chi connectivity index (χ3n) is 2.57. The van der Waals surface area contributed by atoms with Crippen molar-refractivity contribution in [2.75, 3.05) is 20.8 Å². The Hall–Kier alpha value is -1.63. The first-order chi connectivity index (χ1) is 9.29. The Labute approximate surface area is 115 Å². The molecule has 112 valence electrons. The minimum atomic E-state index is -4.58. The largest absolute Gasteiger partial charge is 0.499 e. The summed E-state index contributed by atoms with van der Waals surface area (Å²) in [5.74, 6) is -0.786. The van der Waals surface area contributed by atoms with E-state index in [1.807, 2.05) is 13.8 Å². The van der Waals surface area contributed by atoms with Crippen LogP contribution in [0.1, 0.15) is 36.8 Å². The Morgan fingerprint density at radius 1 is 1.35 bits per heavy atom. The number of aromatic nitrogens is 2. The first kappa shape index (κ1) is 16.4. The van der Waals surface area contributed by atoms with Crippen molar-refractivity contribution in [1.82, 2.24) is 9.97 Å². The molecular formula is C13H17F3N2O2. The maximum atomic E-state index is 12.7. The van der Waals surface area contributed by atoms with Gasteiger partial charge in [0, 0.05) is 19.4 Å². The van der Waals surface area contributed by atoms with Gasteiger partial charge in [-0.15, -0.1) is 0 Å². The number of halogens is 3. The zero-order chi connectivity index (χ0) is 15.3. The summed E-state index contributed by atoms with van der Waals surface area (Å²) in [7, 11) is 2.89. The van der Waals surface area contributed by atoms with Crippen LogP contribution in [0.5, 0.6) is 0 Å². The van der Waals surface area contributed by atoms with Gasteiger partial charge < -0.3 is 9.47 Å². The van der Waals surface area contributed by atoms with Crippen molar-refractivity contribution in [2.24, 2.45) is 0 Å². The normalized spacial score (nSPS) is 12.9. The third-order valence-corrected chi connectivity index (χ3v) is 2.57. The molecule has 1 aromatic rings. The zero-order valence-electron chi connectivity index (χ0n) is 11.8. The van der Waals surface area contributed by atoms with Crippen LogP contribution in [-0.2, 0) is 15.7 Å². The Morgan fingerprint density at radius 3 is 2.45 bits per heavy atom. The molecule has 0 saturated heterocycles. The smallest absolute Gasteiger partial charge is 0.451 e. The molecule has 0 amide bonds. The van der Waals surface area contributed by atoms with E-state index in [9.17, 15) is 13.2 Å². The molecule has 0 radical (unpaired) electrons. The van der Waals surface area contributed by atoms with Crippen molar-refractivity contribution in [3.63, 3.8) is 0 Å². The lowest BCUT2D eigenvalue weighted by Crippen LogP contribution is -2.13. The van der Waals surface area contributed by atoms with E-state index in [2.05, 4.69) is 9.97 Å². The molecule has 0 bridgehead atoms. The second-order valence-electron chi connectivity index (χ2n) is 4.43. The molecule has 0 atom stereocenters. The van der Waals surface area contributed by atoms with E-state index in [4.69, 9.17) is 9.47 Å². The van der Waals surface area contributed by atoms with Crippen LogP contribution in [0.15, 0.2) is 12.0 Å². The predicted octanol–water partition coefficient (Wildman–Crippen LogP) is 3.25. The average Bonchev–Trinajstić information content (AvgIpc) is 2.36. The summed E-state index contributed by atoms with van der Waals surface area (Å²) >= 11 is 0. The topological polar surface area (TPSA) is 44.2 Å². The van der Waals surface area contributed by atoms with Gasteiger partial charge in [-0.05, 0) is 11.5 Å². The van der Waals surface area contributed by atoms with Crippen LogP contribution in [0.4, 0.5) is 13.2 Å². The summed E-state index contributed by atoms with van der Waals surface area (Å²) in [6, 6.07) is 0. The van der Waals surface area contributed by atoms with Crippen molar-refractivity contribution in [3.05, 3.63) is 29.0 Å². The van der Waals surface area contributed by atoms with Gasteiger partial charge in [0.2, 0.25) is 5.82 Å². The van der Waals surface area contributed by atoms with Gasteiger partial charge in [-0.25, -0.2) is 9.97 Å². The monoisotopic (exact) mass is 290 g/mol. The molecule has 4 nitrogen and oxygen atoms in total. The molecular weight excluding hydrogens is 273 g/mol. The van der Waals surface area contributed by atoms with Crippen LogP contribution < -0.4 is 0 Å². The highest BCUT2D eigenvalue weighted by Gasteiger charge is 2.35. The summed E-state index contributed by atoms with van der Waals surface area (Å²) in [5.41, 5.74) is 0.805. The summed E-state index contributed by atoms with van der Waals surface area (Å²) in [6.45, 7) is 3.86. The fourth-order valence-electron chi connectivity index (χ4n) is 1.56. The van der Waals surface area contributed by atoms with Crippen LogP contribution in [0.25, 0.3) is 6.08 Å². The minimum absolute atomic E-state index is 0.0100. The average molecular weight is 290 g/mol. The molecule has 0 N–H and O–H groups in total. The number of rotatable bonds is 5. The molecule has 1 aromatic heterocycles. The number of nitrogens with zero attached hydrogens (tertiary/aromatic N) is 2. The fraction of sp³-hybridized carbons (Fsp3) is 0.538. The molecule has 0 aliphatic carbocycles. The first-order valence-electron chi connectivity index (χ1n) is 5.97. The summed E-state index contributed by atoms with van der Waals surface area (Å²) in [4.78, 5) is 6.96. The number of ether oxygens (including phenoxy) is 2. The van der Waals surface area contributed by atoms with Crippen LogP contribution in [0.3, 0.4) is 0 Å². The van der Waals surface area contributed by atoms with E-state index < -0.39 is 12.0 Å². The van der Waals surface area contributed by atoms with E-state index in [0.717, 1.165) is 0 Å². The molecule has 7 heteroatoms. The summed E-state index contributed by atoms with van der Waals surface area (Å²) < 4.78 is 48.0. The molecule has 0 saturated carbocycles. The Bertz CT molecular complexity index is 485. The highest BCUT2D eigenvalue weighted by atomic mass is 19.4. The lowest BCUT2D eigenvalue weighted by atomic mass is 10.0. The fourth-order valence-corrected chi connectivity index (χ4v) is 1.56. The minimum Gasteiger partial charge on any atom is -0.499 e. The summed E-state index contributed by atoms with van der Waals surface area (Å²) in [6.07, 6.45) is -1.94. The number of alkyl halides is 3. The van der Waals surface area contributed by atoms with Crippen LogP contribution in [0, 0.1) is 0 Å².